The fraction of sp³-hybridized carbons (Fsp3) is 0. The molecule has 1 heterocycles. The van der Waals surface area contributed by atoms with E-state index in [1.807, 2.05) is 0 Å². The maximum absolute atomic E-state index is 11.9. The van der Waals surface area contributed by atoms with Gasteiger partial charge in [0.15, 0.2) is 5.95 Å². The summed E-state index contributed by atoms with van der Waals surface area (Å²) in [6.07, 6.45) is 0. The number of hydrogen-bond acceptors (Lipinski definition) is 1. The van der Waals surface area contributed by atoms with Gasteiger partial charge in [0.2, 0.25) is 0 Å². The fourth-order valence-electron chi connectivity index (χ4n) is 0.434. The number of nitrogens with zero attached hydrogens (tertiary/aromatic N) is 1. The Morgan fingerprint density at radius 3 is 2.62 bits per heavy atom. The van der Waals surface area contributed by atoms with Gasteiger partial charge >= 0.3 is 0 Å². The second-order valence-corrected chi connectivity index (χ2v) is 1.33. The molecule has 1 N–H and O–H groups in total. The van der Waals surface area contributed by atoms with Gasteiger partial charge in [-0.05, 0) is 12.1 Å². The number of aromatic amines is 1. The number of nitriles is 1. The minimum absolute atomic E-state index is 0.252. The predicted octanol–water partition coefficient (Wildman–Crippen LogP) is 1.03. The van der Waals surface area contributed by atoms with Crippen molar-refractivity contribution in [2.75, 3.05) is 0 Å². The average Bonchev–Trinajstić information content (AvgIpc) is 2.14. The van der Waals surface area contributed by atoms with Crippen molar-refractivity contribution < 1.29 is 4.39 Å². The molecule has 8 heavy (non-hydrogen) atoms. The molecule has 0 saturated carbocycles. The predicted molar refractivity (Wildman–Crippen MR) is 25.5 cm³/mol. The first kappa shape index (κ1) is 4.85. The summed E-state index contributed by atoms with van der Waals surface area (Å²) in [5.74, 6) is -0.471. The lowest BCUT2D eigenvalue weighted by Crippen LogP contribution is -1.71. The van der Waals surface area contributed by atoms with Crippen LogP contribution in [-0.4, -0.2) is 4.98 Å². The first-order valence-electron chi connectivity index (χ1n) is 2.07. The zero-order valence-corrected chi connectivity index (χ0v) is 3.98. The van der Waals surface area contributed by atoms with Gasteiger partial charge in [0.25, 0.3) is 0 Å². The molecule has 2 nitrogen and oxygen atoms in total. The van der Waals surface area contributed by atoms with Crippen molar-refractivity contribution in [2.24, 2.45) is 0 Å². The standard InChI is InChI=1S/C5H3FN2/c6-5-2-1-4(3-7)8-5/h1-2,8H. The maximum atomic E-state index is 11.9. The second-order valence-electron chi connectivity index (χ2n) is 1.33. The zero-order chi connectivity index (χ0) is 5.98. The third-order valence-corrected chi connectivity index (χ3v) is 0.771. The normalized spacial score (nSPS) is 8.50. The van der Waals surface area contributed by atoms with Gasteiger partial charge < -0.3 is 4.98 Å². The molecule has 0 aliphatic heterocycles. The average molecular weight is 110 g/mol. The second kappa shape index (κ2) is 1.66. The summed E-state index contributed by atoms with van der Waals surface area (Å²) in [6, 6.07) is 4.34. The topological polar surface area (TPSA) is 39.6 Å². The third kappa shape index (κ3) is 0.684. The van der Waals surface area contributed by atoms with E-state index in [1.54, 1.807) is 6.07 Å². The van der Waals surface area contributed by atoms with Gasteiger partial charge in [-0.25, -0.2) is 0 Å². The highest BCUT2D eigenvalue weighted by molar-refractivity contribution is 5.19. The van der Waals surface area contributed by atoms with Gasteiger partial charge in [-0.15, -0.1) is 0 Å². The molecular weight excluding hydrogens is 107 g/mol. The van der Waals surface area contributed by atoms with E-state index in [0.717, 1.165) is 0 Å². The number of aromatic nitrogens is 1. The Bertz CT molecular complexity index is 221. The van der Waals surface area contributed by atoms with Crippen molar-refractivity contribution in [3.8, 4) is 6.07 Å². The SMILES string of the molecule is N#Cc1ccc(F)[nH]1. The van der Waals surface area contributed by atoms with Gasteiger partial charge in [-0.2, -0.15) is 9.65 Å². The van der Waals surface area contributed by atoms with E-state index in [2.05, 4.69) is 4.98 Å². The van der Waals surface area contributed by atoms with E-state index in [0.29, 0.717) is 0 Å². The molecule has 0 amide bonds. The largest absolute Gasteiger partial charge is 0.323 e. The zero-order valence-electron chi connectivity index (χ0n) is 3.98. The molecule has 0 aromatic carbocycles. The van der Waals surface area contributed by atoms with E-state index in [1.165, 1.54) is 12.1 Å². The number of halogens is 1. The highest BCUT2D eigenvalue weighted by atomic mass is 19.1. The van der Waals surface area contributed by atoms with Gasteiger partial charge in [0.05, 0.1) is 0 Å². The molecule has 0 atom stereocenters. The molecular formula is C5H3FN2. The Hall–Kier alpha value is -1.30. The fourth-order valence-corrected chi connectivity index (χ4v) is 0.434. The van der Waals surface area contributed by atoms with Gasteiger partial charge in [-0.1, -0.05) is 0 Å². The maximum Gasteiger partial charge on any atom is 0.192 e. The molecule has 0 unspecified atom stereocenters. The monoisotopic (exact) mass is 110 g/mol. The minimum atomic E-state index is -0.471. The van der Waals surface area contributed by atoms with Crippen LogP contribution in [0.3, 0.4) is 0 Å². The van der Waals surface area contributed by atoms with Crippen molar-refractivity contribution in [3.63, 3.8) is 0 Å². The third-order valence-electron chi connectivity index (χ3n) is 0.771. The van der Waals surface area contributed by atoms with Crippen LogP contribution in [0.2, 0.25) is 0 Å². The molecule has 0 aliphatic carbocycles. The molecule has 0 radical (unpaired) electrons. The smallest absolute Gasteiger partial charge is 0.192 e. The molecule has 1 aromatic rings. The van der Waals surface area contributed by atoms with Crippen molar-refractivity contribution in [2.45, 2.75) is 0 Å². The van der Waals surface area contributed by atoms with Crippen LogP contribution in [-0.2, 0) is 0 Å². The summed E-state index contributed by atoms with van der Waals surface area (Å²) in [7, 11) is 0. The van der Waals surface area contributed by atoms with Crippen LogP contribution in [0.15, 0.2) is 12.1 Å². The summed E-state index contributed by atoms with van der Waals surface area (Å²) in [6.45, 7) is 0. The summed E-state index contributed by atoms with van der Waals surface area (Å²) in [5.41, 5.74) is 0.252. The molecule has 1 rings (SSSR count). The van der Waals surface area contributed by atoms with E-state index in [-0.39, 0.29) is 5.69 Å². The molecule has 0 fully saturated rings. The molecule has 0 spiro atoms. The van der Waals surface area contributed by atoms with Crippen molar-refractivity contribution in [1.29, 1.82) is 5.26 Å². The molecule has 1 aromatic heterocycles. The Balaban J connectivity index is 3.05. The van der Waals surface area contributed by atoms with E-state index in [4.69, 9.17) is 5.26 Å². The number of H-pyrrole nitrogens is 1. The number of hydrogen-bond donors (Lipinski definition) is 1. The van der Waals surface area contributed by atoms with Crippen LogP contribution in [0.4, 0.5) is 4.39 Å². The van der Waals surface area contributed by atoms with E-state index < -0.39 is 5.95 Å². The molecule has 40 valence electrons. The summed E-state index contributed by atoms with van der Waals surface area (Å²) < 4.78 is 11.9. The lowest BCUT2D eigenvalue weighted by Gasteiger charge is -1.71. The van der Waals surface area contributed by atoms with Gasteiger partial charge in [0, 0.05) is 0 Å². The van der Waals surface area contributed by atoms with Gasteiger partial charge in [0.1, 0.15) is 11.8 Å². The lowest BCUT2D eigenvalue weighted by molar-refractivity contribution is 0.591. The van der Waals surface area contributed by atoms with Crippen LogP contribution >= 0.6 is 0 Å². The first-order valence-corrected chi connectivity index (χ1v) is 2.07. The molecule has 3 heteroatoms. The van der Waals surface area contributed by atoms with Crippen LogP contribution in [0.5, 0.6) is 0 Å². The van der Waals surface area contributed by atoms with Crippen LogP contribution < -0.4 is 0 Å². The van der Waals surface area contributed by atoms with Crippen LogP contribution in [0.1, 0.15) is 5.69 Å². The minimum Gasteiger partial charge on any atom is -0.323 e. The van der Waals surface area contributed by atoms with Crippen molar-refractivity contribution in [3.05, 3.63) is 23.8 Å². The molecule has 0 bridgehead atoms. The van der Waals surface area contributed by atoms with E-state index >= 15 is 0 Å². The highest BCUT2D eigenvalue weighted by Crippen LogP contribution is 1.95. The lowest BCUT2D eigenvalue weighted by atomic mass is 10.5. The first-order chi connectivity index (χ1) is 3.83. The summed E-state index contributed by atoms with van der Waals surface area (Å²) in [5, 5.41) is 8.10. The summed E-state index contributed by atoms with van der Waals surface area (Å²) in [4.78, 5) is 2.20. The van der Waals surface area contributed by atoms with Crippen molar-refractivity contribution >= 4 is 0 Å². The van der Waals surface area contributed by atoms with Crippen molar-refractivity contribution in [1.82, 2.24) is 4.98 Å². The number of rotatable bonds is 0. The van der Waals surface area contributed by atoms with Crippen LogP contribution in [0.25, 0.3) is 0 Å². The van der Waals surface area contributed by atoms with Gasteiger partial charge in [-0.3, -0.25) is 0 Å². The Kier molecular flexibility index (Phi) is 1.01. The van der Waals surface area contributed by atoms with E-state index in [9.17, 15) is 4.39 Å². The Morgan fingerprint density at radius 2 is 2.38 bits per heavy atom. The number of nitrogens with one attached hydrogen (secondary N) is 1. The summed E-state index contributed by atoms with van der Waals surface area (Å²) >= 11 is 0. The molecule has 0 saturated heterocycles. The Morgan fingerprint density at radius 1 is 1.62 bits per heavy atom. The van der Waals surface area contributed by atoms with Crippen LogP contribution in [0, 0.1) is 17.3 Å². The molecule has 0 aliphatic rings. The Labute approximate surface area is 45.6 Å². The highest BCUT2D eigenvalue weighted by Gasteiger charge is 1.91. The quantitative estimate of drug-likeness (QED) is 0.532.